The number of rotatable bonds is 1. The second-order valence-corrected chi connectivity index (χ2v) is 34.0. The zero-order valence-electron chi connectivity index (χ0n) is 65.4. The highest BCUT2D eigenvalue weighted by Gasteiger charge is 2.28. The van der Waals surface area contributed by atoms with Crippen molar-refractivity contribution >= 4 is 108 Å². The molecule has 0 unspecified atom stereocenters. The smallest absolute Gasteiger partial charge is 0.134 e. The number of aryl methyl sites for hydroxylation is 4. The van der Waals surface area contributed by atoms with Crippen molar-refractivity contribution in [1.82, 2.24) is 49.8 Å². The third-order valence-corrected chi connectivity index (χ3v) is 19.9. The van der Waals surface area contributed by atoms with E-state index in [2.05, 4.69) is 338 Å². The van der Waals surface area contributed by atoms with Gasteiger partial charge in [0.2, 0.25) is 0 Å². The van der Waals surface area contributed by atoms with Gasteiger partial charge in [-0.3, -0.25) is 0 Å². The van der Waals surface area contributed by atoms with Crippen molar-refractivity contribution in [2.45, 2.75) is 191 Å². The maximum atomic E-state index is 4.97. The van der Waals surface area contributed by atoms with Gasteiger partial charge in [0, 0.05) is 89.3 Å². The Hall–Kier alpha value is -10.6. The van der Waals surface area contributed by atoms with Crippen LogP contribution in [0, 0.1) is 27.7 Å². The fraction of sp³-hybridized carbons (Fsp3) is 0.305. The molecule has 0 amide bonds. The van der Waals surface area contributed by atoms with Crippen LogP contribution in [0.25, 0.3) is 108 Å². The molecule has 0 atom stereocenters. The largest absolute Gasteiger partial charge is 0.237 e. The molecule has 0 saturated carbocycles. The van der Waals surface area contributed by atoms with Gasteiger partial charge >= 0.3 is 0 Å². The molecule has 0 aliphatic heterocycles. The number of nitrogens with zero attached hydrogens (tertiary/aromatic N) is 10. The summed E-state index contributed by atoms with van der Waals surface area (Å²) in [6.07, 6.45) is 1.92. The van der Waals surface area contributed by atoms with Crippen LogP contribution in [-0.4, -0.2) is 49.8 Å². The van der Waals surface area contributed by atoms with Crippen LogP contribution < -0.4 is 0 Å². The average Bonchev–Trinajstić information content (AvgIpc) is 0.738. The van der Waals surface area contributed by atoms with Crippen LogP contribution in [0.3, 0.4) is 0 Å². The fourth-order valence-electron chi connectivity index (χ4n) is 14.3. The van der Waals surface area contributed by atoms with E-state index in [4.69, 9.17) is 44.9 Å². The fourth-order valence-corrected chi connectivity index (χ4v) is 14.3. The van der Waals surface area contributed by atoms with Crippen LogP contribution in [0.2, 0.25) is 0 Å². The molecule has 0 saturated heterocycles. The van der Waals surface area contributed by atoms with Crippen molar-refractivity contribution in [2.24, 2.45) is 0 Å². The number of hydrogen-bond acceptors (Lipinski definition) is 10. The Labute approximate surface area is 619 Å². The van der Waals surface area contributed by atoms with Gasteiger partial charge in [0.05, 0.1) is 39.1 Å². The van der Waals surface area contributed by atoms with Crippen LogP contribution in [0.1, 0.15) is 204 Å². The van der Waals surface area contributed by atoms with Crippen molar-refractivity contribution in [1.29, 1.82) is 0 Å². The van der Waals surface area contributed by atoms with E-state index in [0.717, 1.165) is 97.9 Å². The molecule has 5 heterocycles. The van der Waals surface area contributed by atoms with E-state index in [9.17, 15) is 0 Å². The highest BCUT2D eigenvalue weighted by atomic mass is 14.9. The van der Waals surface area contributed by atoms with E-state index in [1.54, 1.807) is 0 Å². The Morgan fingerprint density at radius 2 is 0.648 bits per heavy atom. The molecular weight excluding hydrogens is 1280 g/mol. The van der Waals surface area contributed by atoms with Gasteiger partial charge in [-0.1, -0.05) is 288 Å². The van der Waals surface area contributed by atoms with Crippen molar-refractivity contribution in [3.63, 3.8) is 0 Å². The molecule has 105 heavy (non-hydrogen) atoms. The molecule has 530 valence electrons. The van der Waals surface area contributed by atoms with Crippen molar-refractivity contribution in [2.75, 3.05) is 0 Å². The normalized spacial score (nSPS) is 12.6. The molecule has 10 nitrogen and oxygen atoms in total. The van der Waals surface area contributed by atoms with Gasteiger partial charge in [0.25, 0.3) is 0 Å². The highest BCUT2D eigenvalue weighted by Crippen LogP contribution is 2.41. The summed E-state index contributed by atoms with van der Waals surface area (Å²) in [7, 11) is 0. The monoisotopic (exact) mass is 1380 g/mol. The molecule has 17 rings (SSSR count). The standard InChI is InChI=1S/2C21H20N2.C19H22N2.C17H20N2.C17H18N2/c1-13-22-19-17-12-8-6-10-15(17)14-9-5-7-11-16(14)18(19)20(23-13)21(2,3)4;1-13-18-16-11-7-5-9-14(16)15-10-6-8-12-17(15)19(18)23-20(22-13)21(2,3)4;1-12(2)17-15-10-13-8-6-7-9-14(13)11-16(15)20-18(21-17)19(3,4)5;2*1-11-14-9-12-7-5-6-8-13(12)10-15(14)19-16(18-11)17(2,3)4/h2*5-12H,1-4H3;6-12H,1-5H3;5-8H,9-10H2,1-4H3;5-10H,1-4H3. The number of hydrogen-bond donors (Lipinski definition) is 0. The SMILES string of the molecule is CC(C)c1nc(C(C)(C)C)nc2cc3ccccc3cc12.Cc1nc(C(C)(C)C)c2c3ccccc3c3ccccc3c2n1.Cc1nc(C(C)(C)C)nc2c1Cc1ccccc1C2.Cc1nc(C(C)(C)C)nc2c3ccccc3c3ccccc3c12.Cc1nc(C(C)(C)C)nc2cc3ccccc3cc12. The molecule has 0 bridgehead atoms. The lowest BCUT2D eigenvalue weighted by atomic mass is 9.86. The van der Waals surface area contributed by atoms with E-state index >= 15 is 0 Å². The number of benzene rings is 11. The quantitative estimate of drug-likeness (QED) is 0.116. The maximum Gasteiger partial charge on any atom is 0.134 e. The van der Waals surface area contributed by atoms with Crippen LogP contribution >= 0.6 is 0 Å². The van der Waals surface area contributed by atoms with Crippen LogP contribution in [0.5, 0.6) is 0 Å². The van der Waals surface area contributed by atoms with Crippen molar-refractivity contribution < 1.29 is 0 Å². The van der Waals surface area contributed by atoms with Gasteiger partial charge in [0.1, 0.15) is 29.1 Å². The molecule has 5 aromatic heterocycles. The molecule has 10 heteroatoms. The second kappa shape index (κ2) is 28.1. The predicted octanol–water partition coefficient (Wildman–Crippen LogP) is 24.3. The Bertz CT molecular complexity index is 5990. The summed E-state index contributed by atoms with van der Waals surface area (Å²) in [5.74, 6) is 4.92. The molecule has 0 spiro atoms. The lowest BCUT2D eigenvalue weighted by Crippen LogP contribution is -2.21. The van der Waals surface area contributed by atoms with Crippen molar-refractivity contribution in [3.05, 3.63) is 274 Å². The molecule has 0 fully saturated rings. The topological polar surface area (TPSA) is 129 Å². The average molecular weight is 1380 g/mol. The summed E-state index contributed by atoms with van der Waals surface area (Å²) >= 11 is 0. The van der Waals surface area contributed by atoms with Gasteiger partial charge in [0.15, 0.2) is 0 Å². The second-order valence-electron chi connectivity index (χ2n) is 34.0. The van der Waals surface area contributed by atoms with E-state index in [1.165, 1.54) is 103 Å². The zero-order valence-corrected chi connectivity index (χ0v) is 65.4. The minimum Gasteiger partial charge on any atom is -0.237 e. The Morgan fingerprint density at radius 1 is 0.286 bits per heavy atom. The first kappa shape index (κ1) is 72.8. The molecular formula is C95H100N10. The number of fused-ring (bicyclic) bond motifs is 18. The lowest BCUT2D eigenvalue weighted by Gasteiger charge is -2.24. The van der Waals surface area contributed by atoms with Crippen LogP contribution in [0.4, 0.5) is 0 Å². The maximum absolute atomic E-state index is 4.97. The predicted molar refractivity (Wildman–Crippen MR) is 444 cm³/mol. The summed E-state index contributed by atoms with van der Waals surface area (Å²) in [6, 6.07) is 68.5. The molecule has 16 aromatic rings. The Balaban J connectivity index is 0.000000117. The molecule has 0 radical (unpaired) electrons. The lowest BCUT2D eigenvalue weighted by molar-refractivity contribution is 0.537. The third-order valence-electron chi connectivity index (χ3n) is 19.9. The molecule has 1 aliphatic carbocycles. The van der Waals surface area contributed by atoms with Crippen LogP contribution in [0.15, 0.2) is 194 Å². The highest BCUT2D eigenvalue weighted by molar-refractivity contribution is 6.26. The summed E-state index contributed by atoms with van der Waals surface area (Å²) < 4.78 is 0. The van der Waals surface area contributed by atoms with Gasteiger partial charge in [-0.15, -0.1) is 0 Å². The van der Waals surface area contributed by atoms with Gasteiger partial charge in [-0.25, -0.2) is 49.8 Å². The van der Waals surface area contributed by atoms with Crippen LogP contribution in [-0.2, 0) is 39.9 Å². The molecule has 11 aromatic carbocycles. The number of aromatic nitrogens is 10. The van der Waals surface area contributed by atoms with Gasteiger partial charge < -0.3 is 0 Å². The third kappa shape index (κ3) is 15.0. The Kier molecular flexibility index (Phi) is 19.5. The summed E-state index contributed by atoms with van der Waals surface area (Å²) in [5, 5.41) is 19.6. The zero-order chi connectivity index (χ0) is 74.8. The van der Waals surface area contributed by atoms with E-state index in [-0.39, 0.29) is 27.1 Å². The minimum atomic E-state index is -0.0638. The van der Waals surface area contributed by atoms with E-state index in [0.29, 0.717) is 5.92 Å². The van der Waals surface area contributed by atoms with E-state index < -0.39 is 0 Å². The first-order valence-corrected chi connectivity index (χ1v) is 37.2. The minimum absolute atomic E-state index is 0.0107. The van der Waals surface area contributed by atoms with Gasteiger partial charge in [-0.2, -0.15) is 0 Å². The first-order valence-electron chi connectivity index (χ1n) is 37.2. The first-order chi connectivity index (χ1) is 49.7. The van der Waals surface area contributed by atoms with Crippen molar-refractivity contribution in [3.8, 4) is 0 Å². The molecule has 0 N–H and O–H groups in total. The summed E-state index contributed by atoms with van der Waals surface area (Å²) in [6.45, 7) is 45.3. The molecule has 1 aliphatic rings. The van der Waals surface area contributed by atoms with E-state index in [1.807, 2.05) is 6.92 Å². The summed E-state index contributed by atoms with van der Waals surface area (Å²) in [5.41, 5.74) is 15.0. The Morgan fingerprint density at radius 3 is 1.13 bits per heavy atom. The summed E-state index contributed by atoms with van der Waals surface area (Å²) in [4.78, 5) is 48.1. The van der Waals surface area contributed by atoms with Gasteiger partial charge in [-0.05, 0) is 128 Å².